The standard InChI is InChI=1S/C14H16BrN3S/c1-2-13-17-12(15)8-14(18-13)16-10-4-3-5-11-9(10)6-7-19-11/h6-8,10H,2-5H2,1H3,(H,16,17,18). The number of aromatic nitrogens is 2. The molecule has 1 unspecified atom stereocenters. The van der Waals surface area contributed by atoms with Crippen LogP contribution in [0.2, 0.25) is 0 Å². The average Bonchev–Trinajstić information content (AvgIpc) is 2.87. The lowest BCUT2D eigenvalue weighted by Crippen LogP contribution is -2.16. The summed E-state index contributed by atoms with van der Waals surface area (Å²) in [5.41, 5.74) is 1.45. The fraction of sp³-hybridized carbons (Fsp3) is 0.429. The highest BCUT2D eigenvalue weighted by Crippen LogP contribution is 2.35. The number of aryl methyl sites for hydroxylation is 2. The van der Waals surface area contributed by atoms with Crippen LogP contribution >= 0.6 is 27.3 Å². The predicted molar refractivity (Wildman–Crippen MR) is 82.7 cm³/mol. The van der Waals surface area contributed by atoms with Gasteiger partial charge in [0.2, 0.25) is 0 Å². The van der Waals surface area contributed by atoms with E-state index in [1.54, 1.807) is 0 Å². The lowest BCUT2D eigenvalue weighted by molar-refractivity contribution is 0.606. The van der Waals surface area contributed by atoms with Crippen molar-refractivity contribution < 1.29 is 0 Å². The Morgan fingerprint density at radius 3 is 3.21 bits per heavy atom. The topological polar surface area (TPSA) is 37.8 Å². The van der Waals surface area contributed by atoms with Crippen LogP contribution in [0.3, 0.4) is 0 Å². The molecule has 3 rings (SSSR count). The molecule has 0 saturated carbocycles. The van der Waals surface area contributed by atoms with Gasteiger partial charge in [0.05, 0.1) is 6.04 Å². The van der Waals surface area contributed by atoms with Crippen LogP contribution < -0.4 is 5.32 Å². The zero-order valence-corrected chi connectivity index (χ0v) is 13.2. The van der Waals surface area contributed by atoms with Gasteiger partial charge in [-0.3, -0.25) is 0 Å². The molecule has 2 aromatic heterocycles. The zero-order chi connectivity index (χ0) is 13.2. The van der Waals surface area contributed by atoms with E-state index < -0.39 is 0 Å². The summed E-state index contributed by atoms with van der Waals surface area (Å²) in [6.45, 7) is 2.07. The van der Waals surface area contributed by atoms with E-state index >= 15 is 0 Å². The van der Waals surface area contributed by atoms with E-state index in [1.807, 2.05) is 17.4 Å². The Morgan fingerprint density at radius 1 is 1.47 bits per heavy atom. The lowest BCUT2D eigenvalue weighted by Gasteiger charge is -2.24. The highest BCUT2D eigenvalue weighted by molar-refractivity contribution is 9.10. The van der Waals surface area contributed by atoms with Gasteiger partial charge in [0.25, 0.3) is 0 Å². The van der Waals surface area contributed by atoms with E-state index in [1.165, 1.54) is 29.7 Å². The van der Waals surface area contributed by atoms with Crippen LogP contribution in [0.15, 0.2) is 22.1 Å². The highest BCUT2D eigenvalue weighted by Gasteiger charge is 2.21. The number of nitrogens with one attached hydrogen (secondary N) is 1. The van der Waals surface area contributed by atoms with Crippen LogP contribution in [0, 0.1) is 0 Å². The monoisotopic (exact) mass is 337 g/mol. The number of hydrogen-bond acceptors (Lipinski definition) is 4. The Morgan fingerprint density at radius 2 is 2.37 bits per heavy atom. The first-order valence-electron chi connectivity index (χ1n) is 6.62. The maximum absolute atomic E-state index is 4.55. The molecule has 19 heavy (non-hydrogen) atoms. The van der Waals surface area contributed by atoms with Gasteiger partial charge in [0.1, 0.15) is 16.2 Å². The van der Waals surface area contributed by atoms with E-state index in [0.29, 0.717) is 6.04 Å². The van der Waals surface area contributed by atoms with Crippen molar-refractivity contribution in [2.24, 2.45) is 0 Å². The third-order valence-electron chi connectivity index (χ3n) is 3.43. The molecule has 2 aromatic rings. The summed E-state index contributed by atoms with van der Waals surface area (Å²) in [5, 5.41) is 5.76. The molecule has 1 atom stereocenters. The average molecular weight is 338 g/mol. The summed E-state index contributed by atoms with van der Waals surface area (Å²) in [6, 6.07) is 4.59. The molecule has 1 aliphatic carbocycles. The van der Waals surface area contributed by atoms with Crippen LogP contribution in [0.25, 0.3) is 0 Å². The van der Waals surface area contributed by atoms with Crippen molar-refractivity contribution in [1.82, 2.24) is 9.97 Å². The third kappa shape index (κ3) is 2.82. The Labute approximate surface area is 125 Å². The smallest absolute Gasteiger partial charge is 0.131 e. The maximum Gasteiger partial charge on any atom is 0.131 e. The van der Waals surface area contributed by atoms with E-state index in [2.05, 4.69) is 49.6 Å². The summed E-state index contributed by atoms with van der Waals surface area (Å²) in [6.07, 6.45) is 4.49. The summed E-state index contributed by atoms with van der Waals surface area (Å²) in [5.74, 6) is 1.79. The van der Waals surface area contributed by atoms with Gasteiger partial charge in [-0.1, -0.05) is 6.92 Å². The molecule has 0 bridgehead atoms. The van der Waals surface area contributed by atoms with Gasteiger partial charge in [-0.2, -0.15) is 0 Å². The van der Waals surface area contributed by atoms with Crippen LogP contribution in [0.1, 0.15) is 42.1 Å². The minimum Gasteiger partial charge on any atom is -0.363 e. The molecule has 100 valence electrons. The molecule has 0 amide bonds. The summed E-state index contributed by atoms with van der Waals surface area (Å²) in [7, 11) is 0. The van der Waals surface area contributed by atoms with Crippen LogP contribution in [-0.4, -0.2) is 9.97 Å². The zero-order valence-electron chi connectivity index (χ0n) is 10.8. The van der Waals surface area contributed by atoms with Crippen LogP contribution in [0.4, 0.5) is 5.82 Å². The van der Waals surface area contributed by atoms with Crippen molar-refractivity contribution in [2.45, 2.75) is 38.6 Å². The lowest BCUT2D eigenvalue weighted by atomic mass is 9.94. The van der Waals surface area contributed by atoms with E-state index in [-0.39, 0.29) is 0 Å². The molecule has 0 saturated heterocycles. The van der Waals surface area contributed by atoms with E-state index in [0.717, 1.165) is 22.7 Å². The molecule has 1 aliphatic rings. The first kappa shape index (κ1) is 13.1. The van der Waals surface area contributed by atoms with Gasteiger partial charge in [-0.15, -0.1) is 11.3 Å². The molecular weight excluding hydrogens is 322 g/mol. The van der Waals surface area contributed by atoms with Gasteiger partial charge >= 0.3 is 0 Å². The van der Waals surface area contributed by atoms with Crippen LogP contribution in [0.5, 0.6) is 0 Å². The molecule has 0 aromatic carbocycles. The van der Waals surface area contributed by atoms with Gasteiger partial charge in [0.15, 0.2) is 0 Å². The molecule has 3 nitrogen and oxygen atoms in total. The number of hydrogen-bond donors (Lipinski definition) is 1. The Hall–Kier alpha value is -0.940. The predicted octanol–water partition coefficient (Wildman–Crippen LogP) is 4.35. The molecule has 0 fully saturated rings. The molecule has 2 heterocycles. The quantitative estimate of drug-likeness (QED) is 0.846. The SMILES string of the molecule is CCc1nc(Br)cc(NC2CCCc3sccc32)n1. The fourth-order valence-corrected chi connectivity index (χ4v) is 3.92. The number of fused-ring (bicyclic) bond motifs is 1. The van der Waals surface area contributed by atoms with E-state index in [9.17, 15) is 0 Å². The second-order valence-electron chi connectivity index (χ2n) is 4.73. The largest absolute Gasteiger partial charge is 0.363 e. The second-order valence-corrected chi connectivity index (χ2v) is 6.55. The van der Waals surface area contributed by atoms with Crippen molar-refractivity contribution in [3.63, 3.8) is 0 Å². The van der Waals surface area contributed by atoms with Crippen molar-refractivity contribution in [3.05, 3.63) is 38.4 Å². The molecular formula is C14H16BrN3S. The van der Waals surface area contributed by atoms with Crippen molar-refractivity contribution >= 4 is 33.1 Å². The minimum absolute atomic E-state index is 0.390. The van der Waals surface area contributed by atoms with Gasteiger partial charge in [-0.25, -0.2) is 9.97 Å². The number of nitrogens with zero attached hydrogens (tertiary/aromatic N) is 2. The van der Waals surface area contributed by atoms with Crippen molar-refractivity contribution in [3.8, 4) is 0 Å². The van der Waals surface area contributed by atoms with E-state index in [4.69, 9.17) is 0 Å². The summed E-state index contributed by atoms with van der Waals surface area (Å²) >= 11 is 5.32. The molecule has 0 aliphatic heterocycles. The van der Waals surface area contributed by atoms with Gasteiger partial charge < -0.3 is 5.32 Å². The Balaban J connectivity index is 1.85. The summed E-state index contributed by atoms with van der Waals surface area (Å²) < 4.78 is 0.850. The number of halogens is 1. The Bertz CT molecular complexity index is 582. The fourth-order valence-electron chi connectivity index (χ4n) is 2.51. The molecule has 0 radical (unpaired) electrons. The number of thiophene rings is 1. The molecule has 1 N–H and O–H groups in total. The highest BCUT2D eigenvalue weighted by atomic mass is 79.9. The number of rotatable bonds is 3. The van der Waals surface area contributed by atoms with Crippen molar-refractivity contribution in [1.29, 1.82) is 0 Å². The number of anilines is 1. The first-order chi connectivity index (χ1) is 9.26. The molecule has 0 spiro atoms. The second kappa shape index (κ2) is 5.59. The Kier molecular flexibility index (Phi) is 3.84. The summed E-state index contributed by atoms with van der Waals surface area (Å²) in [4.78, 5) is 10.4. The minimum atomic E-state index is 0.390. The van der Waals surface area contributed by atoms with Gasteiger partial charge in [-0.05, 0) is 52.2 Å². The van der Waals surface area contributed by atoms with Crippen molar-refractivity contribution in [2.75, 3.05) is 5.32 Å². The normalized spacial score (nSPS) is 18.1. The maximum atomic E-state index is 4.55. The van der Waals surface area contributed by atoms with Crippen LogP contribution in [-0.2, 0) is 12.8 Å². The third-order valence-corrected chi connectivity index (χ3v) is 4.83. The molecule has 5 heteroatoms. The first-order valence-corrected chi connectivity index (χ1v) is 8.30. The van der Waals surface area contributed by atoms with Gasteiger partial charge in [0, 0.05) is 17.4 Å².